The van der Waals surface area contributed by atoms with Gasteiger partial charge in [0, 0.05) is 11.1 Å². The lowest BCUT2D eigenvalue weighted by Crippen LogP contribution is -2.21. The van der Waals surface area contributed by atoms with E-state index in [1.54, 1.807) is 0 Å². The number of fused-ring (bicyclic) bond motifs is 1. The topological polar surface area (TPSA) is 207 Å². The third kappa shape index (κ3) is 3.40. The molecule has 6 N–H and O–H groups in total. The zero-order valence-corrected chi connectivity index (χ0v) is 17.2. The molecule has 0 spiro atoms. The van der Waals surface area contributed by atoms with Crippen LogP contribution in [0, 0.1) is 0 Å². The molecule has 2 aromatic rings. The maximum Gasteiger partial charge on any atom is 0.298 e. The standard InChI is InChI=1S/C18H12N2O10S2/c21-9-3-1-7(5-11(9)31(25,26)27)15-13-14(18(24)19-15)16(20-17(13)23)8-2-4-10(22)12(6-8)32(28,29)30/h1-6,21-22H,(H,19,24)(H,20,23)(H,25,26,27)(H,28,29,30). The number of carbonyl (C=O) groups is 2. The molecule has 12 nitrogen and oxygen atoms in total. The Kier molecular flexibility index (Phi) is 4.63. The Labute approximate surface area is 180 Å². The van der Waals surface area contributed by atoms with Gasteiger partial charge in [0.25, 0.3) is 32.1 Å². The fourth-order valence-electron chi connectivity index (χ4n) is 3.37. The Morgan fingerprint density at radius 2 is 0.969 bits per heavy atom. The van der Waals surface area contributed by atoms with Crippen LogP contribution in [0.25, 0.3) is 11.4 Å². The quantitative estimate of drug-likeness (QED) is 0.322. The molecule has 0 saturated carbocycles. The van der Waals surface area contributed by atoms with Gasteiger partial charge in [-0.05, 0) is 36.4 Å². The molecule has 166 valence electrons. The van der Waals surface area contributed by atoms with Gasteiger partial charge >= 0.3 is 0 Å². The number of nitrogens with one attached hydrogen (secondary N) is 2. The first kappa shape index (κ1) is 21.5. The number of phenols is 2. The van der Waals surface area contributed by atoms with E-state index in [2.05, 4.69) is 10.6 Å². The van der Waals surface area contributed by atoms with E-state index in [1.807, 2.05) is 0 Å². The molecule has 0 radical (unpaired) electrons. The SMILES string of the molecule is O=C1NC(c2ccc(O)c(S(=O)(=O)O)c2)=C2C(=O)NC(c3ccc(O)c(S(=O)(=O)O)c3)=C12. The van der Waals surface area contributed by atoms with Gasteiger partial charge in [0.05, 0.1) is 22.5 Å². The van der Waals surface area contributed by atoms with Gasteiger partial charge < -0.3 is 20.8 Å². The summed E-state index contributed by atoms with van der Waals surface area (Å²) in [5, 5.41) is 24.2. The second-order valence-electron chi connectivity index (χ2n) is 6.72. The molecule has 4 rings (SSSR count). The number of phenolic OH excluding ortho intramolecular Hbond substituents is 2. The number of aromatic hydroxyl groups is 2. The van der Waals surface area contributed by atoms with Crippen LogP contribution in [0.4, 0.5) is 0 Å². The maximum atomic E-state index is 12.6. The van der Waals surface area contributed by atoms with Gasteiger partial charge in [0.15, 0.2) is 0 Å². The van der Waals surface area contributed by atoms with E-state index in [1.165, 1.54) is 12.1 Å². The average Bonchev–Trinajstić information content (AvgIpc) is 3.19. The number of rotatable bonds is 4. The molecular formula is C18H12N2O10S2. The summed E-state index contributed by atoms with van der Waals surface area (Å²) in [5.41, 5.74) is -0.659. The molecule has 2 aromatic carbocycles. The normalized spacial score (nSPS) is 16.3. The molecule has 14 heteroatoms. The van der Waals surface area contributed by atoms with E-state index in [9.17, 15) is 45.7 Å². The minimum absolute atomic E-state index is 0.0190. The van der Waals surface area contributed by atoms with Crippen LogP contribution in [0.1, 0.15) is 11.1 Å². The monoisotopic (exact) mass is 480 g/mol. The molecule has 32 heavy (non-hydrogen) atoms. The van der Waals surface area contributed by atoms with Crippen LogP contribution < -0.4 is 10.6 Å². The van der Waals surface area contributed by atoms with E-state index in [0.29, 0.717) is 0 Å². The molecule has 0 aromatic heterocycles. The van der Waals surface area contributed by atoms with Crippen molar-refractivity contribution >= 4 is 43.4 Å². The van der Waals surface area contributed by atoms with Crippen LogP contribution in [0.15, 0.2) is 57.3 Å². The van der Waals surface area contributed by atoms with Crippen LogP contribution >= 0.6 is 0 Å². The lowest BCUT2D eigenvalue weighted by atomic mass is 10.0. The highest BCUT2D eigenvalue weighted by Crippen LogP contribution is 2.39. The second kappa shape index (κ2) is 6.89. The summed E-state index contributed by atoms with van der Waals surface area (Å²) in [7, 11) is -9.63. The van der Waals surface area contributed by atoms with Gasteiger partial charge in [-0.1, -0.05) is 0 Å². The minimum Gasteiger partial charge on any atom is -0.506 e. The molecule has 0 bridgehead atoms. The molecule has 2 amide bonds. The zero-order valence-electron chi connectivity index (χ0n) is 15.5. The largest absolute Gasteiger partial charge is 0.506 e. The van der Waals surface area contributed by atoms with Crippen LogP contribution in [0.3, 0.4) is 0 Å². The van der Waals surface area contributed by atoms with Crippen molar-refractivity contribution in [3.05, 3.63) is 58.7 Å². The lowest BCUT2D eigenvalue weighted by molar-refractivity contribution is -0.117. The molecule has 2 aliphatic heterocycles. The van der Waals surface area contributed by atoms with Gasteiger partial charge in [0.2, 0.25) is 0 Å². The van der Waals surface area contributed by atoms with Crippen molar-refractivity contribution in [3.8, 4) is 11.5 Å². The Morgan fingerprint density at radius 1 is 0.625 bits per heavy atom. The van der Waals surface area contributed by atoms with Gasteiger partial charge in [-0.2, -0.15) is 16.8 Å². The molecule has 0 unspecified atom stereocenters. The van der Waals surface area contributed by atoms with Crippen molar-refractivity contribution in [2.75, 3.05) is 0 Å². The van der Waals surface area contributed by atoms with Crippen molar-refractivity contribution < 1.29 is 45.7 Å². The van der Waals surface area contributed by atoms with E-state index in [4.69, 9.17) is 0 Å². The highest BCUT2D eigenvalue weighted by atomic mass is 32.2. The fraction of sp³-hybridized carbons (Fsp3) is 0. The van der Waals surface area contributed by atoms with Crippen LogP contribution in [-0.2, 0) is 29.8 Å². The molecule has 0 fully saturated rings. The van der Waals surface area contributed by atoms with Crippen molar-refractivity contribution in [3.63, 3.8) is 0 Å². The fourth-order valence-corrected chi connectivity index (χ4v) is 4.58. The van der Waals surface area contributed by atoms with Crippen LogP contribution in [0.2, 0.25) is 0 Å². The Morgan fingerprint density at radius 3 is 1.28 bits per heavy atom. The second-order valence-corrected chi connectivity index (χ2v) is 9.50. The lowest BCUT2D eigenvalue weighted by Gasteiger charge is -2.10. The van der Waals surface area contributed by atoms with Crippen molar-refractivity contribution in [1.29, 1.82) is 0 Å². The first-order valence-electron chi connectivity index (χ1n) is 8.52. The third-order valence-corrected chi connectivity index (χ3v) is 6.50. The highest BCUT2D eigenvalue weighted by Gasteiger charge is 2.41. The van der Waals surface area contributed by atoms with Crippen molar-refractivity contribution in [2.24, 2.45) is 0 Å². The predicted octanol–water partition coefficient (Wildman–Crippen LogP) is -0.0268. The Bertz CT molecular complexity index is 1400. The molecule has 0 atom stereocenters. The van der Waals surface area contributed by atoms with Gasteiger partial charge in [-0.3, -0.25) is 18.7 Å². The summed E-state index contributed by atoms with van der Waals surface area (Å²) in [6.07, 6.45) is 0. The van der Waals surface area contributed by atoms with Crippen molar-refractivity contribution in [2.45, 2.75) is 9.79 Å². The summed E-state index contributed by atoms with van der Waals surface area (Å²) < 4.78 is 64.4. The number of hydrogen-bond donors (Lipinski definition) is 6. The predicted molar refractivity (Wildman–Crippen MR) is 106 cm³/mol. The first-order chi connectivity index (χ1) is 14.8. The summed E-state index contributed by atoms with van der Waals surface area (Å²) in [6.45, 7) is 0. The average molecular weight is 480 g/mol. The summed E-state index contributed by atoms with van der Waals surface area (Å²) in [4.78, 5) is 23.6. The Hall–Kier alpha value is -3.72. The summed E-state index contributed by atoms with van der Waals surface area (Å²) in [5.74, 6) is -3.07. The van der Waals surface area contributed by atoms with Gasteiger partial charge in [0.1, 0.15) is 21.3 Å². The molecule has 2 heterocycles. The Balaban J connectivity index is 1.93. The van der Waals surface area contributed by atoms with E-state index in [-0.39, 0.29) is 33.7 Å². The van der Waals surface area contributed by atoms with E-state index < -0.39 is 53.3 Å². The van der Waals surface area contributed by atoms with Crippen molar-refractivity contribution in [1.82, 2.24) is 10.6 Å². The summed E-state index contributed by atoms with van der Waals surface area (Å²) in [6, 6.07) is 6.03. The summed E-state index contributed by atoms with van der Waals surface area (Å²) >= 11 is 0. The number of carbonyl (C=O) groups excluding carboxylic acids is 2. The van der Waals surface area contributed by atoms with Crippen LogP contribution in [-0.4, -0.2) is 48.0 Å². The highest BCUT2D eigenvalue weighted by molar-refractivity contribution is 7.86. The van der Waals surface area contributed by atoms with Gasteiger partial charge in [-0.15, -0.1) is 0 Å². The third-order valence-electron chi connectivity index (χ3n) is 4.73. The smallest absolute Gasteiger partial charge is 0.298 e. The maximum absolute atomic E-state index is 12.6. The first-order valence-corrected chi connectivity index (χ1v) is 11.4. The molecule has 2 aliphatic rings. The van der Waals surface area contributed by atoms with Gasteiger partial charge in [-0.25, -0.2) is 0 Å². The molecular weight excluding hydrogens is 468 g/mol. The molecule has 0 saturated heterocycles. The minimum atomic E-state index is -4.81. The van der Waals surface area contributed by atoms with Crippen LogP contribution in [0.5, 0.6) is 11.5 Å². The zero-order chi connectivity index (χ0) is 23.6. The molecule has 0 aliphatic carbocycles. The number of amides is 2. The number of benzene rings is 2. The van der Waals surface area contributed by atoms with E-state index in [0.717, 1.165) is 24.3 Å². The van der Waals surface area contributed by atoms with E-state index >= 15 is 0 Å². The number of hydrogen-bond acceptors (Lipinski definition) is 8.